The average Bonchev–Trinajstić information content (AvgIpc) is 2.76. The molecule has 0 N–H and O–H groups in total. The first-order chi connectivity index (χ1) is 10.1. The van der Waals surface area contributed by atoms with Gasteiger partial charge in [0.25, 0.3) is 0 Å². The number of halogens is 2. The molecule has 1 aliphatic rings. The van der Waals surface area contributed by atoms with Gasteiger partial charge in [-0.15, -0.1) is 0 Å². The second-order valence-corrected chi connectivity index (χ2v) is 6.79. The summed E-state index contributed by atoms with van der Waals surface area (Å²) in [6.07, 6.45) is 1.31. The van der Waals surface area contributed by atoms with Crippen molar-refractivity contribution in [1.82, 2.24) is 0 Å². The molecule has 1 atom stereocenters. The van der Waals surface area contributed by atoms with Crippen molar-refractivity contribution in [3.05, 3.63) is 64.2 Å². The maximum absolute atomic E-state index is 11.7. The van der Waals surface area contributed by atoms with Crippen molar-refractivity contribution < 1.29 is 4.79 Å². The lowest BCUT2D eigenvalue weighted by atomic mass is 10.0. The Labute approximate surface area is 137 Å². The van der Waals surface area contributed by atoms with Crippen molar-refractivity contribution in [2.45, 2.75) is 17.7 Å². The first kappa shape index (κ1) is 14.6. The minimum absolute atomic E-state index is 0.152. The number of likely N-dealkylation sites (N-methyl/N-ethyl adjacent to an activating group) is 1. The van der Waals surface area contributed by atoms with Gasteiger partial charge in [0.05, 0.1) is 6.42 Å². The zero-order chi connectivity index (χ0) is 15.0. The van der Waals surface area contributed by atoms with E-state index < -0.39 is 0 Å². The van der Waals surface area contributed by atoms with E-state index in [0.717, 1.165) is 28.3 Å². The number of carbonyl (C=O) groups is 1. The van der Waals surface area contributed by atoms with E-state index in [-0.39, 0.29) is 10.7 Å². The molecule has 1 aliphatic heterocycles. The van der Waals surface area contributed by atoms with Crippen molar-refractivity contribution >= 4 is 39.1 Å². The second kappa shape index (κ2) is 5.82. The number of anilines is 1. The van der Waals surface area contributed by atoms with Crippen LogP contribution in [0.5, 0.6) is 0 Å². The monoisotopic (exact) mass is 363 g/mol. The van der Waals surface area contributed by atoms with Crippen LogP contribution in [-0.2, 0) is 17.6 Å². The fourth-order valence-corrected chi connectivity index (χ4v) is 3.51. The van der Waals surface area contributed by atoms with E-state index in [1.54, 1.807) is 4.90 Å². The third-order valence-electron chi connectivity index (χ3n) is 3.90. The van der Waals surface area contributed by atoms with Gasteiger partial charge in [0.1, 0.15) is 0 Å². The zero-order valence-electron chi connectivity index (χ0n) is 11.6. The van der Waals surface area contributed by atoms with Crippen molar-refractivity contribution in [3.8, 4) is 0 Å². The van der Waals surface area contributed by atoms with E-state index >= 15 is 0 Å². The lowest BCUT2D eigenvalue weighted by molar-refractivity contribution is -0.117. The molecule has 1 unspecified atom stereocenters. The van der Waals surface area contributed by atoms with Crippen LogP contribution < -0.4 is 4.90 Å². The summed E-state index contributed by atoms with van der Waals surface area (Å²) in [4.78, 5) is 13.6. The summed E-state index contributed by atoms with van der Waals surface area (Å²) < 4.78 is 0. The van der Waals surface area contributed by atoms with Gasteiger partial charge in [0.15, 0.2) is 0 Å². The summed E-state index contributed by atoms with van der Waals surface area (Å²) in [5.41, 5.74) is 4.41. The summed E-state index contributed by atoms with van der Waals surface area (Å²) in [5, 5.41) is 0.790. The van der Waals surface area contributed by atoms with E-state index in [0.29, 0.717) is 6.42 Å². The van der Waals surface area contributed by atoms with Crippen molar-refractivity contribution in [1.29, 1.82) is 0 Å². The molecule has 1 heterocycles. The number of fused-ring (bicyclic) bond motifs is 1. The molecule has 21 heavy (non-hydrogen) atoms. The minimum atomic E-state index is 0.152. The molecule has 2 nitrogen and oxygen atoms in total. The Bertz CT molecular complexity index is 701. The van der Waals surface area contributed by atoms with E-state index in [4.69, 9.17) is 11.6 Å². The minimum Gasteiger partial charge on any atom is -0.315 e. The van der Waals surface area contributed by atoms with Crippen LogP contribution in [0.25, 0.3) is 0 Å². The van der Waals surface area contributed by atoms with Crippen LogP contribution in [0, 0.1) is 0 Å². The number of amides is 1. The molecule has 0 saturated heterocycles. The van der Waals surface area contributed by atoms with Gasteiger partial charge in [-0.25, -0.2) is 0 Å². The van der Waals surface area contributed by atoms with Gasteiger partial charge < -0.3 is 4.90 Å². The second-order valence-electron chi connectivity index (χ2n) is 5.28. The van der Waals surface area contributed by atoms with Crippen molar-refractivity contribution in [2.24, 2.45) is 0 Å². The molecule has 0 spiro atoms. The number of carbonyl (C=O) groups excluding carboxylic acids is 1. The standard InChI is InChI=1S/C17H15BrClNO/c1-20-16-7-6-11(8-13(16)10-17(20)21)14(18)9-12-4-2-3-5-15(12)19/h2-8,14H,9-10H2,1H3. The fraction of sp³-hybridized carbons (Fsp3) is 0.235. The molecule has 4 heteroatoms. The molecule has 1 amide bonds. The topological polar surface area (TPSA) is 20.3 Å². The van der Waals surface area contributed by atoms with Crippen LogP contribution in [0.2, 0.25) is 5.02 Å². The Balaban J connectivity index is 1.84. The lowest BCUT2D eigenvalue weighted by Gasteiger charge is -2.14. The summed E-state index contributed by atoms with van der Waals surface area (Å²) in [5.74, 6) is 0.152. The molecular weight excluding hydrogens is 350 g/mol. The number of alkyl halides is 1. The first-order valence-corrected chi connectivity index (χ1v) is 8.12. The molecule has 0 aromatic heterocycles. The van der Waals surface area contributed by atoms with Crippen molar-refractivity contribution in [2.75, 3.05) is 11.9 Å². The van der Waals surface area contributed by atoms with Crippen LogP contribution in [0.15, 0.2) is 42.5 Å². The Morgan fingerprint density at radius 3 is 2.81 bits per heavy atom. The Morgan fingerprint density at radius 2 is 2.05 bits per heavy atom. The van der Waals surface area contributed by atoms with Gasteiger partial charge in [-0.1, -0.05) is 57.9 Å². The summed E-state index contributed by atoms with van der Waals surface area (Å²) >= 11 is 9.95. The summed E-state index contributed by atoms with van der Waals surface area (Å²) in [7, 11) is 1.82. The highest BCUT2D eigenvalue weighted by molar-refractivity contribution is 9.09. The summed E-state index contributed by atoms with van der Waals surface area (Å²) in [6, 6.07) is 14.1. The normalized spacial score (nSPS) is 15.2. The van der Waals surface area contributed by atoms with Gasteiger partial charge in [-0.05, 0) is 35.2 Å². The Hall–Kier alpha value is -1.32. The maximum atomic E-state index is 11.7. The molecule has 2 aromatic rings. The highest BCUT2D eigenvalue weighted by Gasteiger charge is 2.24. The average molecular weight is 365 g/mol. The first-order valence-electron chi connectivity index (χ1n) is 6.83. The smallest absolute Gasteiger partial charge is 0.231 e. The SMILES string of the molecule is CN1C(=O)Cc2cc(C(Br)Cc3ccccc3Cl)ccc21. The zero-order valence-corrected chi connectivity index (χ0v) is 14.0. The number of hydrogen-bond acceptors (Lipinski definition) is 1. The largest absolute Gasteiger partial charge is 0.315 e. The third-order valence-corrected chi connectivity index (χ3v) is 5.12. The molecule has 108 valence electrons. The molecule has 3 rings (SSSR count). The van der Waals surface area contributed by atoms with E-state index in [2.05, 4.69) is 28.1 Å². The van der Waals surface area contributed by atoms with Gasteiger partial charge in [0, 0.05) is 22.6 Å². The Morgan fingerprint density at radius 1 is 1.29 bits per heavy atom. The molecule has 0 bridgehead atoms. The number of hydrogen-bond donors (Lipinski definition) is 0. The fourth-order valence-electron chi connectivity index (χ4n) is 2.66. The predicted molar refractivity (Wildman–Crippen MR) is 90.4 cm³/mol. The number of nitrogens with zero attached hydrogens (tertiary/aromatic N) is 1. The molecule has 2 aromatic carbocycles. The third kappa shape index (κ3) is 2.85. The van der Waals surface area contributed by atoms with E-state index in [1.807, 2.05) is 37.4 Å². The van der Waals surface area contributed by atoms with Crippen LogP contribution >= 0.6 is 27.5 Å². The molecule has 0 aliphatic carbocycles. The van der Waals surface area contributed by atoms with Gasteiger partial charge in [-0.3, -0.25) is 4.79 Å². The van der Waals surface area contributed by atoms with E-state index in [1.165, 1.54) is 5.56 Å². The van der Waals surface area contributed by atoms with Crippen LogP contribution in [-0.4, -0.2) is 13.0 Å². The van der Waals surface area contributed by atoms with Gasteiger partial charge in [0.2, 0.25) is 5.91 Å². The molecular formula is C17H15BrClNO. The van der Waals surface area contributed by atoms with E-state index in [9.17, 15) is 4.79 Å². The summed E-state index contributed by atoms with van der Waals surface area (Å²) in [6.45, 7) is 0. The number of benzene rings is 2. The highest BCUT2D eigenvalue weighted by Crippen LogP contribution is 2.35. The van der Waals surface area contributed by atoms with Crippen LogP contribution in [0.4, 0.5) is 5.69 Å². The maximum Gasteiger partial charge on any atom is 0.231 e. The molecule has 0 saturated carbocycles. The highest BCUT2D eigenvalue weighted by atomic mass is 79.9. The quantitative estimate of drug-likeness (QED) is 0.732. The molecule has 0 fully saturated rings. The molecule has 0 radical (unpaired) electrons. The van der Waals surface area contributed by atoms with Gasteiger partial charge >= 0.3 is 0 Å². The van der Waals surface area contributed by atoms with Crippen molar-refractivity contribution in [3.63, 3.8) is 0 Å². The van der Waals surface area contributed by atoms with Crippen LogP contribution in [0.1, 0.15) is 21.5 Å². The lowest BCUT2D eigenvalue weighted by Crippen LogP contribution is -2.20. The Kier molecular flexibility index (Phi) is 4.05. The number of rotatable bonds is 3. The predicted octanol–water partition coefficient (Wildman–Crippen LogP) is 4.54. The van der Waals surface area contributed by atoms with Crippen LogP contribution in [0.3, 0.4) is 0 Å². The van der Waals surface area contributed by atoms with Gasteiger partial charge in [-0.2, -0.15) is 0 Å².